The van der Waals surface area contributed by atoms with Gasteiger partial charge in [-0.3, -0.25) is 15.0 Å². The van der Waals surface area contributed by atoms with E-state index in [4.69, 9.17) is 0 Å². The molecule has 20 heavy (non-hydrogen) atoms. The zero-order valence-electron chi connectivity index (χ0n) is 11.9. The van der Waals surface area contributed by atoms with Gasteiger partial charge in [-0.1, -0.05) is 0 Å². The molecule has 0 spiro atoms. The molecular weight excluding hydrogens is 260 g/mol. The summed E-state index contributed by atoms with van der Waals surface area (Å²) >= 11 is 0. The molecule has 0 aliphatic carbocycles. The average Bonchev–Trinajstić information content (AvgIpc) is 2.63. The van der Waals surface area contributed by atoms with Gasteiger partial charge >= 0.3 is 5.69 Å². The summed E-state index contributed by atoms with van der Waals surface area (Å²) in [5.74, 6) is 0.638. The summed E-state index contributed by atoms with van der Waals surface area (Å²) in [6, 6.07) is 0.639. The van der Waals surface area contributed by atoms with E-state index in [-0.39, 0.29) is 10.6 Å². The van der Waals surface area contributed by atoms with Crippen molar-refractivity contribution >= 4 is 11.5 Å². The fourth-order valence-corrected chi connectivity index (χ4v) is 3.03. The highest BCUT2D eigenvalue weighted by molar-refractivity contribution is 5.61. The monoisotopic (exact) mass is 280 g/mol. The summed E-state index contributed by atoms with van der Waals surface area (Å²) in [6.07, 6.45) is 0. The lowest BCUT2D eigenvalue weighted by Crippen LogP contribution is -2.61. The first kappa shape index (κ1) is 13.3. The van der Waals surface area contributed by atoms with E-state index in [1.54, 1.807) is 18.7 Å². The molecule has 2 aliphatic heterocycles. The molecule has 8 nitrogen and oxygen atoms in total. The van der Waals surface area contributed by atoms with Crippen LogP contribution in [0.1, 0.15) is 5.69 Å². The molecule has 0 saturated carbocycles. The topological polar surface area (TPSA) is 79.5 Å². The minimum atomic E-state index is -0.320. The van der Waals surface area contributed by atoms with Crippen LogP contribution in [0.5, 0.6) is 0 Å². The SMILES string of the molecule is Cc1nn(C)c(N2CCN(C3CNC3)CC2)c1[N+](=O)[O-]. The predicted octanol–water partition coefficient (Wildman–Crippen LogP) is -0.269. The van der Waals surface area contributed by atoms with Crippen LogP contribution in [0.2, 0.25) is 0 Å². The van der Waals surface area contributed by atoms with E-state index < -0.39 is 0 Å². The van der Waals surface area contributed by atoms with Gasteiger partial charge in [0.05, 0.1) is 4.92 Å². The fourth-order valence-electron chi connectivity index (χ4n) is 3.03. The Morgan fingerprint density at radius 3 is 2.45 bits per heavy atom. The van der Waals surface area contributed by atoms with Crippen LogP contribution in [0.15, 0.2) is 0 Å². The van der Waals surface area contributed by atoms with Gasteiger partial charge in [0.15, 0.2) is 0 Å². The van der Waals surface area contributed by atoms with Crippen molar-refractivity contribution in [2.75, 3.05) is 44.2 Å². The summed E-state index contributed by atoms with van der Waals surface area (Å²) in [4.78, 5) is 15.5. The Labute approximate surface area is 117 Å². The Hall–Kier alpha value is -1.67. The Balaban J connectivity index is 1.76. The molecule has 0 radical (unpaired) electrons. The average molecular weight is 280 g/mol. The first-order valence-corrected chi connectivity index (χ1v) is 6.95. The Morgan fingerprint density at radius 1 is 1.30 bits per heavy atom. The summed E-state index contributed by atoms with van der Waals surface area (Å²) in [5, 5.41) is 18.7. The molecule has 1 aromatic rings. The first-order valence-electron chi connectivity index (χ1n) is 6.95. The van der Waals surface area contributed by atoms with E-state index in [2.05, 4.69) is 20.2 Å². The lowest BCUT2D eigenvalue weighted by molar-refractivity contribution is -0.384. The number of anilines is 1. The van der Waals surface area contributed by atoms with Crippen LogP contribution in [-0.4, -0.2) is 64.9 Å². The number of hydrogen-bond acceptors (Lipinski definition) is 6. The second kappa shape index (κ2) is 5.02. The smallest absolute Gasteiger partial charge is 0.333 e. The molecule has 2 fully saturated rings. The summed E-state index contributed by atoms with van der Waals surface area (Å²) in [6.45, 7) is 7.35. The maximum absolute atomic E-state index is 11.2. The molecule has 2 saturated heterocycles. The maximum atomic E-state index is 11.2. The van der Waals surface area contributed by atoms with Crippen LogP contribution in [0, 0.1) is 17.0 Å². The van der Waals surface area contributed by atoms with Gasteiger partial charge in [0, 0.05) is 52.4 Å². The predicted molar refractivity (Wildman–Crippen MR) is 75.0 cm³/mol. The second-order valence-electron chi connectivity index (χ2n) is 5.47. The van der Waals surface area contributed by atoms with Gasteiger partial charge in [-0.05, 0) is 6.92 Å². The van der Waals surface area contributed by atoms with Crippen molar-refractivity contribution in [1.29, 1.82) is 0 Å². The zero-order valence-corrected chi connectivity index (χ0v) is 11.9. The maximum Gasteiger partial charge on any atom is 0.333 e. The van der Waals surface area contributed by atoms with Crippen LogP contribution < -0.4 is 10.2 Å². The minimum Gasteiger partial charge on any atom is -0.349 e. The number of aryl methyl sites for hydroxylation is 2. The van der Waals surface area contributed by atoms with Crippen molar-refractivity contribution in [2.45, 2.75) is 13.0 Å². The molecule has 0 amide bonds. The zero-order chi connectivity index (χ0) is 14.3. The van der Waals surface area contributed by atoms with Crippen molar-refractivity contribution in [3.05, 3.63) is 15.8 Å². The van der Waals surface area contributed by atoms with Crippen molar-refractivity contribution in [3.63, 3.8) is 0 Å². The lowest BCUT2D eigenvalue weighted by atomic mass is 10.1. The van der Waals surface area contributed by atoms with Crippen LogP contribution in [0.4, 0.5) is 11.5 Å². The summed E-state index contributed by atoms with van der Waals surface area (Å²) in [5.41, 5.74) is 0.629. The normalized spacial score (nSPS) is 21.0. The third-order valence-electron chi connectivity index (χ3n) is 4.23. The van der Waals surface area contributed by atoms with Crippen LogP contribution in [0.3, 0.4) is 0 Å². The molecule has 3 rings (SSSR count). The molecule has 3 heterocycles. The van der Waals surface area contributed by atoms with Crippen molar-refractivity contribution < 1.29 is 4.92 Å². The number of nitro groups is 1. The Morgan fingerprint density at radius 2 is 1.95 bits per heavy atom. The van der Waals surface area contributed by atoms with E-state index >= 15 is 0 Å². The highest BCUT2D eigenvalue weighted by Gasteiger charge is 2.33. The molecule has 0 unspecified atom stereocenters. The highest BCUT2D eigenvalue weighted by atomic mass is 16.6. The third-order valence-corrected chi connectivity index (χ3v) is 4.23. The standard InChI is InChI=1S/C12H20N6O2/c1-9-11(18(19)20)12(15(2)14-9)17-5-3-16(4-6-17)10-7-13-8-10/h10,13H,3-8H2,1-2H3. The van der Waals surface area contributed by atoms with Crippen molar-refractivity contribution in [1.82, 2.24) is 20.0 Å². The molecule has 1 N–H and O–H groups in total. The van der Waals surface area contributed by atoms with E-state index in [9.17, 15) is 10.1 Å². The van der Waals surface area contributed by atoms with Crippen LogP contribution >= 0.6 is 0 Å². The summed E-state index contributed by atoms with van der Waals surface area (Å²) in [7, 11) is 1.78. The second-order valence-corrected chi connectivity index (χ2v) is 5.47. The van der Waals surface area contributed by atoms with Crippen LogP contribution in [-0.2, 0) is 7.05 Å². The molecule has 8 heteroatoms. The third kappa shape index (κ3) is 2.14. The highest BCUT2D eigenvalue weighted by Crippen LogP contribution is 2.31. The van der Waals surface area contributed by atoms with Gasteiger partial charge in [0.25, 0.3) is 0 Å². The van der Waals surface area contributed by atoms with Crippen molar-refractivity contribution in [3.8, 4) is 0 Å². The first-order chi connectivity index (χ1) is 9.58. The number of rotatable bonds is 3. The Kier molecular flexibility index (Phi) is 3.35. The molecule has 2 aliphatic rings. The minimum absolute atomic E-state index is 0.145. The largest absolute Gasteiger partial charge is 0.349 e. The molecular formula is C12H20N6O2. The number of aromatic nitrogens is 2. The van der Waals surface area contributed by atoms with E-state index in [1.807, 2.05) is 0 Å². The molecule has 0 atom stereocenters. The number of nitrogens with zero attached hydrogens (tertiary/aromatic N) is 5. The van der Waals surface area contributed by atoms with Gasteiger partial charge < -0.3 is 10.2 Å². The number of nitrogens with one attached hydrogen (secondary N) is 1. The van der Waals surface area contributed by atoms with E-state index in [1.165, 1.54) is 0 Å². The summed E-state index contributed by atoms with van der Waals surface area (Å²) < 4.78 is 1.63. The van der Waals surface area contributed by atoms with Gasteiger partial charge in [0.1, 0.15) is 5.69 Å². The quantitative estimate of drug-likeness (QED) is 0.606. The van der Waals surface area contributed by atoms with Gasteiger partial charge in [-0.2, -0.15) is 5.10 Å². The van der Waals surface area contributed by atoms with E-state index in [0.717, 1.165) is 39.3 Å². The van der Waals surface area contributed by atoms with Gasteiger partial charge in [0.2, 0.25) is 5.82 Å². The van der Waals surface area contributed by atoms with Gasteiger partial charge in [-0.25, -0.2) is 4.68 Å². The molecule has 0 aromatic carbocycles. The van der Waals surface area contributed by atoms with Gasteiger partial charge in [-0.15, -0.1) is 0 Å². The van der Waals surface area contributed by atoms with Crippen LogP contribution in [0.25, 0.3) is 0 Å². The van der Waals surface area contributed by atoms with Crippen molar-refractivity contribution in [2.24, 2.45) is 7.05 Å². The Bertz CT molecular complexity index is 516. The number of hydrogen-bond donors (Lipinski definition) is 1. The molecule has 110 valence electrons. The molecule has 1 aromatic heterocycles. The lowest BCUT2D eigenvalue weighted by Gasteiger charge is -2.43. The van der Waals surface area contributed by atoms with E-state index in [0.29, 0.717) is 17.6 Å². The molecule has 0 bridgehead atoms. The number of piperazine rings is 1. The fraction of sp³-hybridized carbons (Fsp3) is 0.750.